The van der Waals surface area contributed by atoms with Gasteiger partial charge in [-0.2, -0.15) is 10.4 Å². The summed E-state index contributed by atoms with van der Waals surface area (Å²) < 4.78 is 0. The predicted molar refractivity (Wildman–Crippen MR) is 108 cm³/mol. The lowest BCUT2D eigenvalue weighted by atomic mass is 9.91. The minimum atomic E-state index is -0.344. The Labute approximate surface area is 168 Å². The number of nitrogens with zero attached hydrogens (tertiary/aromatic N) is 3. The number of benzene rings is 2. The SMILES string of the molecule is N#C[C@@H](c1ccccc1)[C@@H]1CCCN1C(=O)c1cc(-c2cccc(Cl)c2)n[nH]1. The Bertz CT molecular complexity index is 1020. The van der Waals surface area contributed by atoms with Crippen LogP contribution in [0.25, 0.3) is 11.3 Å². The van der Waals surface area contributed by atoms with Crippen LogP contribution >= 0.6 is 11.6 Å². The Hall–Kier alpha value is -3.10. The molecule has 0 radical (unpaired) electrons. The average Bonchev–Trinajstić information content (AvgIpc) is 3.39. The molecule has 0 unspecified atom stereocenters. The van der Waals surface area contributed by atoms with E-state index < -0.39 is 0 Å². The van der Waals surface area contributed by atoms with Crippen molar-refractivity contribution in [3.8, 4) is 17.3 Å². The summed E-state index contributed by atoms with van der Waals surface area (Å²) >= 11 is 6.05. The Morgan fingerprint density at radius 1 is 1.21 bits per heavy atom. The van der Waals surface area contributed by atoms with Crippen LogP contribution in [0.15, 0.2) is 60.7 Å². The number of aromatic nitrogens is 2. The lowest BCUT2D eigenvalue weighted by molar-refractivity contribution is 0.0722. The molecule has 0 saturated carbocycles. The maximum Gasteiger partial charge on any atom is 0.272 e. The number of nitriles is 1. The van der Waals surface area contributed by atoms with E-state index in [9.17, 15) is 10.1 Å². The van der Waals surface area contributed by atoms with Crippen molar-refractivity contribution < 1.29 is 4.79 Å². The lowest BCUT2D eigenvalue weighted by Gasteiger charge is -2.28. The van der Waals surface area contributed by atoms with Crippen LogP contribution in [0.3, 0.4) is 0 Å². The first-order chi connectivity index (χ1) is 13.7. The Balaban J connectivity index is 1.58. The van der Waals surface area contributed by atoms with Gasteiger partial charge in [-0.25, -0.2) is 0 Å². The molecule has 6 heteroatoms. The highest BCUT2D eigenvalue weighted by Gasteiger charge is 2.36. The first-order valence-electron chi connectivity index (χ1n) is 9.24. The summed E-state index contributed by atoms with van der Waals surface area (Å²) in [4.78, 5) is 14.9. The van der Waals surface area contributed by atoms with Gasteiger partial charge in [0.15, 0.2) is 0 Å². The largest absolute Gasteiger partial charge is 0.333 e. The molecule has 1 aromatic heterocycles. The fourth-order valence-electron chi connectivity index (χ4n) is 3.82. The van der Waals surface area contributed by atoms with Crippen molar-refractivity contribution in [1.29, 1.82) is 5.26 Å². The van der Waals surface area contributed by atoms with Gasteiger partial charge in [-0.3, -0.25) is 9.89 Å². The second kappa shape index (κ2) is 7.87. The van der Waals surface area contributed by atoms with Crippen molar-refractivity contribution in [2.45, 2.75) is 24.8 Å². The van der Waals surface area contributed by atoms with Crippen molar-refractivity contribution >= 4 is 17.5 Å². The molecule has 3 aromatic rings. The molecule has 1 N–H and O–H groups in total. The zero-order chi connectivity index (χ0) is 19.5. The molecule has 1 aliphatic heterocycles. The molecule has 28 heavy (non-hydrogen) atoms. The molecule has 1 amide bonds. The third kappa shape index (κ3) is 3.51. The van der Waals surface area contributed by atoms with E-state index in [2.05, 4.69) is 16.3 Å². The number of hydrogen-bond donors (Lipinski definition) is 1. The van der Waals surface area contributed by atoms with Crippen LogP contribution in [0.5, 0.6) is 0 Å². The van der Waals surface area contributed by atoms with Crippen LogP contribution in [0, 0.1) is 11.3 Å². The highest BCUT2D eigenvalue weighted by atomic mass is 35.5. The van der Waals surface area contributed by atoms with Gasteiger partial charge >= 0.3 is 0 Å². The zero-order valence-electron chi connectivity index (χ0n) is 15.2. The molecule has 1 saturated heterocycles. The quantitative estimate of drug-likeness (QED) is 0.705. The molecule has 2 atom stereocenters. The molecule has 0 aliphatic carbocycles. The number of amides is 1. The summed E-state index contributed by atoms with van der Waals surface area (Å²) in [6, 6.07) is 21.0. The minimum absolute atomic E-state index is 0.126. The van der Waals surface area contributed by atoms with Crippen LogP contribution in [-0.2, 0) is 0 Å². The van der Waals surface area contributed by atoms with Crippen LogP contribution in [0.4, 0.5) is 0 Å². The number of nitrogens with one attached hydrogen (secondary N) is 1. The number of likely N-dealkylation sites (tertiary alicyclic amines) is 1. The molecule has 2 aromatic carbocycles. The molecule has 1 fully saturated rings. The molecule has 4 rings (SSSR count). The monoisotopic (exact) mass is 390 g/mol. The molecule has 1 aliphatic rings. The number of carbonyl (C=O) groups is 1. The fraction of sp³-hybridized carbons (Fsp3) is 0.227. The Kier molecular flexibility index (Phi) is 5.14. The van der Waals surface area contributed by atoms with E-state index in [1.165, 1.54) is 0 Å². The molecular weight excluding hydrogens is 372 g/mol. The molecule has 0 bridgehead atoms. The van der Waals surface area contributed by atoms with E-state index in [0.29, 0.717) is 23.0 Å². The summed E-state index contributed by atoms with van der Waals surface area (Å²) in [5.74, 6) is -0.470. The van der Waals surface area contributed by atoms with Crippen LogP contribution in [0.2, 0.25) is 5.02 Å². The van der Waals surface area contributed by atoms with Gasteiger partial charge in [0.05, 0.1) is 23.7 Å². The van der Waals surface area contributed by atoms with E-state index in [0.717, 1.165) is 24.0 Å². The van der Waals surface area contributed by atoms with E-state index in [4.69, 9.17) is 11.6 Å². The van der Waals surface area contributed by atoms with E-state index in [1.807, 2.05) is 48.5 Å². The number of carbonyl (C=O) groups excluding carboxylic acids is 1. The van der Waals surface area contributed by atoms with Gasteiger partial charge in [0, 0.05) is 17.1 Å². The molecule has 0 spiro atoms. The number of H-pyrrole nitrogens is 1. The van der Waals surface area contributed by atoms with Crippen molar-refractivity contribution in [1.82, 2.24) is 15.1 Å². The topological polar surface area (TPSA) is 72.8 Å². The van der Waals surface area contributed by atoms with E-state index >= 15 is 0 Å². The molecule has 5 nitrogen and oxygen atoms in total. The maximum atomic E-state index is 13.1. The number of rotatable bonds is 4. The van der Waals surface area contributed by atoms with Gasteiger partial charge < -0.3 is 4.90 Å². The minimum Gasteiger partial charge on any atom is -0.333 e. The second-order valence-corrected chi connectivity index (χ2v) is 7.34. The van der Waals surface area contributed by atoms with Gasteiger partial charge in [-0.15, -0.1) is 0 Å². The van der Waals surface area contributed by atoms with Crippen molar-refractivity contribution in [2.75, 3.05) is 6.54 Å². The predicted octanol–water partition coefficient (Wildman–Crippen LogP) is 4.64. The molecule has 140 valence electrons. The summed E-state index contributed by atoms with van der Waals surface area (Å²) in [7, 11) is 0. The summed E-state index contributed by atoms with van der Waals surface area (Å²) in [6.07, 6.45) is 1.70. The van der Waals surface area contributed by atoms with Crippen LogP contribution in [-0.4, -0.2) is 33.6 Å². The highest BCUT2D eigenvalue weighted by Crippen LogP contribution is 2.32. The first-order valence-corrected chi connectivity index (χ1v) is 9.62. The van der Waals surface area contributed by atoms with Crippen molar-refractivity contribution in [3.05, 3.63) is 76.9 Å². The second-order valence-electron chi connectivity index (χ2n) is 6.90. The van der Waals surface area contributed by atoms with Crippen molar-refractivity contribution in [2.24, 2.45) is 0 Å². The third-order valence-corrected chi connectivity index (χ3v) is 5.41. The van der Waals surface area contributed by atoms with Crippen LogP contribution in [0.1, 0.15) is 34.8 Å². The van der Waals surface area contributed by atoms with E-state index in [1.54, 1.807) is 17.0 Å². The smallest absolute Gasteiger partial charge is 0.272 e. The van der Waals surface area contributed by atoms with Gasteiger partial charge in [-0.1, -0.05) is 54.1 Å². The number of aromatic amines is 1. The fourth-order valence-corrected chi connectivity index (χ4v) is 4.01. The Morgan fingerprint density at radius 3 is 2.79 bits per heavy atom. The molecular formula is C22H19ClN4O. The maximum absolute atomic E-state index is 13.1. The zero-order valence-corrected chi connectivity index (χ0v) is 15.9. The normalized spacial score (nSPS) is 17.3. The van der Waals surface area contributed by atoms with Crippen molar-refractivity contribution in [3.63, 3.8) is 0 Å². The van der Waals surface area contributed by atoms with Gasteiger partial charge in [-0.05, 0) is 36.6 Å². The summed E-state index contributed by atoms with van der Waals surface area (Å²) in [5, 5.41) is 17.5. The average molecular weight is 391 g/mol. The standard InChI is InChI=1S/C22H19ClN4O/c23-17-9-4-8-16(12-17)19-13-20(26-25-19)22(28)27-11-5-10-21(27)18(14-24)15-6-2-1-3-7-15/h1-4,6-9,12-13,18,21H,5,10-11H2,(H,25,26)/t18-,21-/m0/s1. The molecule has 2 heterocycles. The van der Waals surface area contributed by atoms with E-state index in [-0.39, 0.29) is 17.9 Å². The highest BCUT2D eigenvalue weighted by molar-refractivity contribution is 6.30. The van der Waals surface area contributed by atoms with Crippen LogP contribution < -0.4 is 0 Å². The third-order valence-electron chi connectivity index (χ3n) is 5.17. The van der Waals surface area contributed by atoms with Gasteiger partial charge in [0.2, 0.25) is 0 Å². The lowest BCUT2D eigenvalue weighted by Crippen LogP contribution is -2.39. The number of halogens is 1. The Morgan fingerprint density at radius 2 is 2.04 bits per heavy atom. The first kappa shape index (κ1) is 18.3. The van der Waals surface area contributed by atoms with Gasteiger partial charge in [0.1, 0.15) is 5.69 Å². The summed E-state index contributed by atoms with van der Waals surface area (Å²) in [6.45, 7) is 0.639. The van der Waals surface area contributed by atoms with Gasteiger partial charge in [0.25, 0.3) is 5.91 Å². The summed E-state index contributed by atoms with van der Waals surface area (Å²) in [5.41, 5.74) is 2.88. The number of hydrogen-bond acceptors (Lipinski definition) is 3.